The highest BCUT2D eigenvalue weighted by Gasteiger charge is 2.17. The van der Waals surface area contributed by atoms with Crippen LogP contribution in [0, 0.1) is 0 Å². The predicted octanol–water partition coefficient (Wildman–Crippen LogP) is 2.21. The zero-order valence-corrected chi connectivity index (χ0v) is 10.5. The van der Waals surface area contributed by atoms with Crippen LogP contribution in [0.1, 0.15) is 31.5 Å². The van der Waals surface area contributed by atoms with Crippen molar-refractivity contribution in [2.24, 2.45) is 7.05 Å². The maximum atomic E-state index is 11.7. The molecule has 0 aliphatic heterocycles. The molecule has 1 aliphatic carbocycles. The van der Waals surface area contributed by atoms with Gasteiger partial charge in [0.1, 0.15) is 11.6 Å². The number of carbonyl (C=O) groups is 1. The fraction of sp³-hybridized carbons (Fsp3) is 0.667. The highest BCUT2D eigenvalue weighted by molar-refractivity contribution is 8.00. The first-order valence-electron chi connectivity index (χ1n) is 5.85. The van der Waals surface area contributed by atoms with Crippen LogP contribution in [0.15, 0.2) is 12.4 Å². The summed E-state index contributed by atoms with van der Waals surface area (Å²) in [5.41, 5.74) is 0. The second-order valence-corrected chi connectivity index (χ2v) is 5.68. The highest BCUT2D eigenvalue weighted by atomic mass is 32.2. The Kier molecular flexibility index (Phi) is 4.04. The lowest BCUT2D eigenvalue weighted by Gasteiger charge is -2.07. The molecule has 1 heterocycles. The van der Waals surface area contributed by atoms with Gasteiger partial charge in [0, 0.05) is 24.7 Å². The topological polar surface area (TPSA) is 34.9 Å². The Bertz CT molecular complexity index is 356. The molecule has 3 nitrogen and oxygen atoms in total. The number of Topliss-reactive ketones (excluding diaryl/α,β-unsaturated/α-hetero) is 1. The first-order valence-corrected chi connectivity index (χ1v) is 6.90. The lowest BCUT2D eigenvalue weighted by atomic mass is 10.3. The van der Waals surface area contributed by atoms with E-state index in [0.717, 1.165) is 11.1 Å². The predicted molar refractivity (Wildman–Crippen MR) is 66.6 cm³/mol. The van der Waals surface area contributed by atoms with Crippen LogP contribution in [0.4, 0.5) is 0 Å². The number of hydrogen-bond acceptors (Lipinski definition) is 3. The molecule has 88 valence electrons. The number of aryl methyl sites for hydroxylation is 1. The summed E-state index contributed by atoms with van der Waals surface area (Å²) < 4.78 is 1.91. The number of nitrogens with zero attached hydrogens (tertiary/aromatic N) is 2. The summed E-state index contributed by atoms with van der Waals surface area (Å²) in [6.07, 6.45) is 9.36. The lowest BCUT2D eigenvalue weighted by Crippen LogP contribution is -2.11. The summed E-state index contributed by atoms with van der Waals surface area (Å²) in [5, 5.41) is 0.727. The molecule has 1 fully saturated rings. The number of rotatable bonds is 5. The zero-order chi connectivity index (χ0) is 11.4. The largest absolute Gasteiger partial charge is 0.338 e. The molecule has 0 aromatic carbocycles. The van der Waals surface area contributed by atoms with E-state index in [-0.39, 0.29) is 0 Å². The minimum absolute atomic E-state index is 0.297. The van der Waals surface area contributed by atoms with Crippen molar-refractivity contribution in [1.29, 1.82) is 0 Å². The first-order chi connectivity index (χ1) is 7.75. The van der Waals surface area contributed by atoms with Crippen molar-refractivity contribution in [1.82, 2.24) is 9.55 Å². The first kappa shape index (κ1) is 11.7. The Morgan fingerprint density at radius 2 is 2.31 bits per heavy atom. The smallest absolute Gasteiger partial charge is 0.150 e. The Morgan fingerprint density at radius 3 is 2.94 bits per heavy atom. The molecule has 0 bridgehead atoms. The van der Waals surface area contributed by atoms with Gasteiger partial charge in [-0.25, -0.2) is 4.98 Å². The molecule has 0 unspecified atom stereocenters. The van der Waals surface area contributed by atoms with Crippen LogP contribution in [0.2, 0.25) is 0 Å². The van der Waals surface area contributed by atoms with Crippen LogP contribution in [-0.2, 0) is 18.3 Å². The molecule has 0 amide bonds. The van der Waals surface area contributed by atoms with Crippen LogP contribution in [0.5, 0.6) is 0 Å². The van der Waals surface area contributed by atoms with Gasteiger partial charge in [0.15, 0.2) is 0 Å². The van der Waals surface area contributed by atoms with Gasteiger partial charge < -0.3 is 4.57 Å². The molecule has 0 radical (unpaired) electrons. The third-order valence-corrected chi connectivity index (χ3v) is 4.49. The summed E-state index contributed by atoms with van der Waals surface area (Å²) >= 11 is 1.83. The van der Waals surface area contributed by atoms with Gasteiger partial charge in [0.2, 0.25) is 0 Å². The zero-order valence-electron chi connectivity index (χ0n) is 9.69. The third kappa shape index (κ3) is 3.11. The van der Waals surface area contributed by atoms with Crippen LogP contribution < -0.4 is 0 Å². The second kappa shape index (κ2) is 5.53. The number of hydrogen-bond donors (Lipinski definition) is 0. The molecule has 1 saturated carbocycles. The van der Waals surface area contributed by atoms with E-state index in [4.69, 9.17) is 0 Å². The van der Waals surface area contributed by atoms with Gasteiger partial charge in [0.05, 0.1) is 12.2 Å². The number of carbonyl (C=O) groups excluding carboxylic acids is 1. The number of imidazole rings is 1. The van der Waals surface area contributed by atoms with Crippen LogP contribution in [-0.4, -0.2) is 26.3 Å². The summed E-state index contributed by atoms with van der Waals surface area (Å²) in [6, 6.07) is 0. The van der Waals surface area contributed by atoms with Gasteiger partial charge in [-0.15, -0.1) is 0 Å². The SMILES string of the molecule is Cn1ccnc1CC(=O)CSC1CCCC1. The van der Waals surface area contributed by atoms with Crippen LogP contribution >= 0.6 is 11.8 Å². The van der Waals surface area contributed by atoms with Gasteiger partial charge >= 0.3 is 0 Å². The number of aromatic nitrogens is 2. The molecule has 0 spiro atoms. The second-order valence-electron chi connectivity index (χ2n) is 4.39. The normalized spacial score (nSPS) is 16.8. The highest BCUT2D eigenvalue weighted by Crippen LogP contribution is 2.29. The Balaban J connectivity index is 1.74. The lowest BCUT2D eigenvalue weighted by molar-refractivity contribution is -0.116. The molecule has 4 heteroatoms. The van der Waals surface area contributed by atoms with Crippen molar-refractivity contribution in [3.8, 4) is 0 Å². The summed E-state index contributed by atoms with van der Waals surface area (Å²) in [6.45, 7) is 0. The van der Waals surface area contributed by atoms with Crippen molar-refractivity contribution < 1.29 is 4.79 Å². The molecule has 1 aromatic heterocycles. The summed E-state index contributed by atoms with van der Waals surface area (Å²) in [7, 11) is 1.93. The van der Waals surface area contributed by atoms with Gasteiger partial charge in [0.25, 0.3) is 0 Å². The van der Waals surface area contributed by atoms with E-state index in [9.17, 15) is 4.79 Å². The maximum Gasteiger partial charge on any atom is 0.150 e. The third-order valence-electron chi connectivity index (χ3n) is 3.06. The molecule has 16 heavy (non-hydrogen) atoms. The summed E-state index contributed by atoms with van der Waals surface area (Å²) in [5.74, 6) is 1.82. The quantitative estimate of drug-likeness (QED) is 0.789. The average molecular weight is 238 g/mol. The molecule has 1 aromatic rings. The minimum atomic E-state index is 0.297. The van der Waals surface area contributed by atoms with E-state index >= 15 is 0 Å². The van der Waals surface area contributed by atoms with Gasteiger partial charge in [-0.3, -0.25) is 4.79 Å². The molecule has 2 rings (SSSR count). The van der Waals surface area contributed by atoms with Crippen molar-refractivity contribution in [2.45, 2.75) is 37.4 Å². The van der Waals surface area contributed by atoms with Crippen LogP contribution in [0.25, 0.3) is 0 Å². The van der Waals surface area contributed by atoms with Crippen molar-refractivity contribution in [2.75, 3.05) is 5.75 Å². The van der Waals surface area contributed by atoms with E-state index in [1.807, 2.05) is 29.6 Å². The average Bonchev–Trinajstić information content (AvgIpc) is 2.88. The molecular formula is C12H18N2OS. The Morgan fingerprint density at radius 1 is 1.56 bits per heavy atom. The van der Waals surface area contributed by atoms with Crippen molar-refractivity contribution >= 4 is 17.5 Å². The van der Waals surface area contributed by atoms with E-state index in [1.54, 1.807) is 6.20 Å². The van der Waals surface area contributed by atoms with Gasteiger partial charge in [-0.2, -0.15) is 11.8 Å². The van der Waals surface area contributed by atoms with Crippen LogP contribution in [0.3, 0.4) is 0 Å². The molecule has 1 aliphatic rings. The number of thioether (sulfide) groups is 1. The van der Waals surface area contributed by atoms with Crippen molar-refractivity contribution in [3.05, 3.63) is 18.2 Å². The van der Waals surface area contributed by atoms with Gasteiger partial charge in [-0.1, -0.05) is 12.8 Å². The Hall–Kier alpha value is -0.770. The summed E-state index contributed by atoms with van der Waals surface area (Å²) in [4.78, 5) is 15.9. The van der Waals surface area contributed by atoms with E-state index < -0.39 is 0 Å². The standard InChI is InChI=1S/C12H18N2OS/c1-14-7-6-13-12(14)8-10(15)9-16-11-4-2-3-5-11/h6-7,11H,2-5,8-9H2,1H3. The molecule has 0 N–H and O–H groups in total. The van der Waals surface area contributed by atoms with E-state index in [1.165, 1.54) is 25.7 Å². The van der Waals surface area contributed by atoms with Crippen molar-refractivity contribution in [3.63, 3.8) is 0 Å². The van der Waals surface area contributed by atoms with Gasteiger partial charge in [-0.05, 0) is 12.8 Å². The maximum absolute atomic E-state index is 11.7. The Labute approximate surface area is 101 Å². The van der Waals surface area contributed by atoms with E-state index in [0.29, 0.717) is 18.0 Å². The fourth-order valence-electron chi connectivity index (χ4n) is 2.06. The monoisotopic (exact) mass is 238 g/mol. The molecular weight excluding hydrogens is 220 g/mol. The van der Waals surface area contributed by atoms with E-state index in [2.05, 4.69) is 4.98 Å². The molecule has 0 saturated heterocycles. The number of ketones is 1. The fourth-order valence-corrected chi connectivity index (χ4v) is 3.25. The minimum Gasteiger partial charge on any atom is -0.338 e. The molecule has 0 atom stereocenters.